The van der Waals surface area contributed by atoms with E-state index in [-0.39, 0.29) is 18.0 Å². The summed E-state index contributed by atoms with van der Waals surface area (Å²) in [6.07, 6.45) is 9.12. The highest BCUT2D eigenvalue weighted by Crippen LogP contribution is 2.39. The van der Waals surface area contributed by atoms with Crippen LogP contribution < -0.4 is 11.1 Å². The van der Waals surface area contributed by atoms with E-state index < -0.39 is 0 Å². The van der Waals surface area contributed by atoms with Crippen LogP contribution in [0.15, 0.2) is 36.7 Å². The topological polar surface area (TPSA) is 85.8 Å². The van der Waals surface area contributed by atoms with Gasteiger partial charge < -0.3 is 11.1 Å². The van der Waals surface area contributed by atoms with Crippen molar-refractivity contribution in [2.45, 2.75) is 44.2 Å². The Bertz CT molecular complexity index is 700. The van der Waals surface area contributed by atoms with E-state index >= 15 is 0 Å². The number of pyridine rings is 1. The fraction of sp³-hybridized carbons (Fsp3) is 0.500. The summed E-state index contributed by atoms with van der Waals surface area (Å²) in [5.74, 6) is 1.57. The molecule has 2 aromatic rings. The molecule has 0 spiro atoms. The van der Waals surface area contributed by atoms with E-state index in [0.29, 0.717) is 23.3 Å². The molecular formula is C18H23N5O. The quantitative estimate of drug-likeness (QED) is 0.902. The molecule has 2 aromatic heterocycles. The predicted octanol–water partition coefficient (Wildman–Crippen LogP) is 1.90. The smallest absolute Gasteiger partial charge is 0.270 e. The summed E-state index contributed by atoms with van der Waals surface area (Å²) in [5.41, 5.74) is 6.61. The lowest BCUT2D eigenvalue weighted by molar-refractivity contribution is 0.0751. The average Bonchev–Trinajstić information content (AvgIpc) is 3.10. The maximum Gasteiger partial charge on any atom is 0.270 e. The fourth-order valence-electron chi connectivity index (χ4n) is 4.33. The number of rotatable bonds is 3. The number of carbonyl (C=O) groups excluding carboxylic acids is 1. The summed E-state index contributed by atoms with van der Waals surface area (Å²) in [4.78, 5) is 17.2. The molecule has 126 valence electrons. The number of nitrogens with two attached hydrogens (primary N) is 1. The molecule has 1 amide bonds. The van der Waals surface area contributed by atoms with Gasteiger partial charge >= 0.3 is 0 Å². The van der Waals surface area contributed by atoms with Crippen molar-refractivity contribution in [2.75, 3.05) is 0 Å². The Morgan fingerprint density at radius 1 is 1.21 bits per heavy atom. The first-order valence-corrected chi connectivity index (χ1v) is 8.74. The van der Waals surface area contributed by atoms with Gasteiger partial charge in [-0.1, -0.05) is 12.5 Å². The van der Waals surface area contributed by atoms with Crippen LogP contribution in [-0.4, -0.2) is 32.8 Å². The van der Waals surface area contributed by atoms with Gasteiger partial charge in [0, 0.05) is 24.5 Å². The first-order valence-electron chi connectivity index (χ1n) is 8.74. The van der Waals surface area contributed by atoms with Crippen LogP contribution in [-0.2, 0) is 0 Å². The Labute approximate surface area is 141 Å². The molecule has 0 radical (unpaired) electrons. The van der Waals surface area contributed by atoms with Crippen molar-refractivity contribution < 1.29 is 4.79 Å². The summed E-state index contributed by atoms with van der Waals surface area (Å²) >= 11 is 0. The van der Waals surface area contributed by atoms with Crippen LogP contribution in [0.4, 0.5) is 0 Å². The van der Waals surface area contributed by atoms with E-state index in [4.69, 9.17) is 5.73 Å². The van der Waals surface area contributed by atoms with Gasteiger partial charge in [-0.05, 0) is 55.7 Å². The normalized spacial score (nSPS) is 29.2. The second kappa shape index (κ2) is 6.36. The number of nitrogens with one attached hydrogen (secondary N) is 1. The Kier molecular flexibility index (Phi) is 4.06. The van der Waals surface area contributed by atoms with E-state index in [0.717, 1.165) is 25.7 Å². The first kappa shape index (κ1) is 15.3. The zero-order chi connectivity index (χ0) is 16.5. The van der Waals surface area contributed by atoms with Gasteiger partial charge in [-0.2, -0.15) is 5.10 Å². The molecule has 2 fully saturated rings. The standard InChI is InChI=1S/C18H23N5O/c19-14-10-12-4-1-5-13(11-14)17(12)22-18(24)15-6-2-7-16(21-15)23-9-3-8-20-23/h2-3,6-9,12-14,17H,1,4-5,10-11,19H2,(H,22,24). The molecule has 0 saturated heterocycles. The van der Waals surface area contributed by atoms with Crippen LogP contribution in [0.1, 0.15) is 42.6 Å². The largest absolute Gasteiger partial charge is 0.347 e. The highest BCUT2D eigenvalue weighted by Gasteiger charge is 2.40. The van der Waals surface area contributed by atoms with Crippen LogP contribution >= 0.6 is 0 Å². The molecule has 4 rings (SSSR count). The molecule has 2 atom stereocenters. The third-order valence-corrected chi connectivity index (χ3v) is 5.38. The van der Waals surface area contributed by atoms with Crippen molar-refractivity contribution in [1.29, 1.82) is 0 Å². The number of nitrogens with zero attached hydrogens (tertiary/aromatic N) is 3. The minimum Gasteiger partial charge on any atom is -0.347 e. The van der Waals surface area contributed by atoms with E-state index in [1.807, 2.05) is 24.4 Å². The summed E-state index contributed by atoms with van der Waals surface area (Å²) in [5, 5.41) is 7.41. The van der Waals surface area contributed by atoms with Crippen LogP contribution in [0.2, 0.25) is 0 Å². The molecule has 0 aliphatic heterocycles. The number of hydrogen-bond acceptors (Lipinski definition) is 4. The van der Waals surface area contributed by atoms with Gasteiger partial charge in [-0.25, -0.2) is 9.67 Å². The molecule has 2 bridgehead atoms. The van der Waals surface area contributed by atoms with Crippen molar-refractivity contribution in [3.05, 3.63) is 42.4 Å². The molecule has 6 nitrogen and oxygen atoms in total. The Balaban J connectivity index is 1.51. The van der Waals surface area contributed by atoms with E-state index in [9.17, 15) is 4.79 Å². The molecule has 24 heavy (non-hydrogen) atoms. The lowest BCUT2D eigenvalue weighted by atomic mass is 9.67. The number of carbonyl (C=O) groups is 1. The Hall–Kier alpha value is -2.21. The number of hydrogen-bond donors (Lipinski definition) is 2. The van der Waals surface area contributed by atoms with Crippen molar-refractivity contribution in [2.24, 2.45) is 17.6 Å². The highest BCUT2D eigenvalue weighted by molar-refractivity contribution is 5.92. The predicted molar refractivity (Wildman–Crippen MR) is 90.7 cm³/mol. The second-order valence-corrected chi connectivity index (χ2v) is 7.01. The van der Waals surface area contributed by atoms with Gasteiger partial charge in [-0.15, -0.1) is 0 Å². The molecule has 2 unspecified atom stereocenters. The lowest BCUT2D eigenvalue weighted by Gasteiger charge is -2.45. The first-order chi connectivity index (χ1) is 11.7. The van der Waals surface area contributed by atoms with Gasteiger partial charge in [0.05, 0.1) is 0 Å². The van der Waals surface area contributed by atoms with Crippen molar-refractivity contribution >= 4 is 5.91 Å². The molecule has 2 saturated carbocycles. The molecular weight excluding hydrogens is 302 g/mol. The summed E-state index contributed by atoms with van der Waals surface area (Å²) in [6, 6.07) is 7.80. The summed E-state index contributed by atoms with van der Waals surface area (Å²) in [7, 11) is 0. The number of fused-ring (bicyclic) bond motifs is 2. The third kappa shape index (κ3) is 2.94. The zero-order valence-corrected chi connectivity index (χ0v) is 13.6. The molecule has 2 aliphatic carbocycles. The van der Waals surface area contributed by atoms with Crippen molar-refractivity contribution in [1.82, 2.24) is 20.1 Å². The highest BCUT2D eigenvalue weighted by atomic mass is 16.2. The molecule has 6 heteroatoms. The van der Waals surface area contributed by atoms with E-state index in [1.54, 1.807) is 16.9 Å². The summed E-state index contributed by atoms with van der Waals surface area (Å²) in [6.45, 7) is 0. The maximum absolute atomic E-state index is 12.7. The minimum atomic E-state index is -0.0959. The van der Waals surface area contributed by atoms with Gasteiger partial charge in [0.15, 0.2) is 5.82 Å². The Morgan fingerprint density at radius 2 is 2.00 bits per heavy atom. The summed E-state index contributed by atoms with van der Waals surface area (Å²) < 4.78 is 1.66. The van der Waals surface area contributed by atoms with Crippen LogP contribution in [0, 0.1) is 11.8 Å². The van der Waals surface area contributed by atoms with E-state index in [2.05, 4.69) is 15.4 Å². The number of amides is 1. The third-order valence-electron chi connectivity index (χ3n) is 5.38. The van der Waals surface area contributed by atoms with Gasteiger partial charge in [-0.3, -0.25) is 4.79 Å². The Morgan fingerprint density at radius 3 is 2.71 bits per heavy atom. The molecule has 0 aromatic carbocycles. The monoisotopic (exact) mass is 325 g/mol. The number of aromatic nitrogens is 3. The SMILES string of the molecule is NC1CC2CCCC(C1)C2NC(=O)c1cccc(-n2cccn2)n1. The van der Waals surface area contributed by atoms with Gasteiger partial charge in [0.25, 0.3) is 5.91 Å². The van der Waals surface area contributed by atoms with Gasteiger partial charge in [0.1, 0.15) is 5.69 Å². The molecule has 2 heterocycles. The zero-order valence-electron chi connectivity index (χ0n) is 13.6. The van der Waals surface area contributed by atoms with Crippen molar-refractivity contribution in [3.63, 3.8) is 0 Å². The molecule has 2 aliphatic rings. The van der Waals surface area contributed by atoms with Crippen molar-refractivity contribution in [3.8, 4) is 5.82 Å². The maximum atomic E-state index is 12.7. The fourth-order valence-corrected chi connectivity index (χ4v) is 4.33. The van der Waals surface area contributed by atoms with Crippen LogP contribution in [0.3, 0.4) is 0 Å². The average molecular weight is 325 g/mol. The minimum absolute atomic E-state index is 0.0959. The van der Waals surface area contributed by atoms with Gasteiger partial charge in [0.2, 0.25) is 0 Å². The van der Waals surface area contributed by atoms with Crippen LogP contribution in [0.5, 0.6) is 0 Å². The second-order valence-electron chi connectivity index (χ2n) is 7.01. The van der Waals surface area contributed by atoms with E-state index in [1.165, 1.54) is 6.42 Å². The van der Waals surface area contributed by atoms with Crippen LogP contribution in [0.25, 0.3) is 5.82 Å². The molecule has 3 N–H and O–H groups in total. The lowest BCUT2D eigenvalue weighted by Crippen LogP contribution is -2.53.